The quantitative estimate of drug-likeness (QED) is 0.618. The van der Waals surface area contributed by atoms with Crippen LogP contribution in [0, 0.1) is 0 Å². The van der Waals surface area contributed by atoms with Crippen molar-refractivity contribution in [1.82, 2.24) is 14.0 Å². The molecule has 0 radical (unpaired) electrons. The maximum absolute atomic E-state index is 11.9. The van der Waals surface area contributed by atoms with Crippen LogP contribution in [0.3, 0.4) is 0 Å². The van der Waals surface area contributed by atoms with Gasteiger partial charge in [0.25, 0.3) is 5.56 Å². The highest BCUT2D eigenvalue weighted by molar-refractivity contribution is 5.94. The van der Waals surface area contributed by atoms with E-state index in [2.05, 4.69) is 4.90 Å². The molecular formula is C20H27N3O4. The van der Waals surface area contributed by atoms with Crippen LogP contribution >= 0.6 is 0 Å². The Kier molecular flexibility index (Phi) is 7.12. The number of ether oxygens (including phenoxy) is 1. The molecule has 0 amide bonds. The Bertz CT molecular complexity index is 897. The molecule has 0 bridgehead atoms. The van der Waals surface area contributed by atoms with Gasteiger partial charge in [0.05, 0.1) is 0 Å². The number of nitrogens with zero attached hydrogens (tertiary/aromatic N) is 3. The maximum atomic E-state index is 11.9. The molecule has 7 heteroatoms. The molecule has 1 aromatic carbocycles. The SMILES string of the molecule is CC(=O)c1ccc(OCCN(C)CCCc2cc(=O)n(C)c(=O)n2C)cc1. The molecule has 0 aliphatic rings. The van der Waals surface area contributed by atoms with Crippen molar-refractivity contribution in [2.75, 3.05) is 26.7 Å². The van der Waals surface area contributed by atoms with Gasteiger partial charge in [-0.2, -0.15) is 0 Å². The van der Waals surface area contributed by atoms with E-state index in [1.54, 1.807) is 31.3 Å². The van der Waals surface area contributed by atoms with E-state index in [1.807, 2.05) is 7.05 Å². The Hall–Kier alpha value is -2.67. The third kappa shape index (κ3) is 5.65. The van der Waals surface area contributed by atoms with Gasteiger partial charge in [0.15, 0.2) is 5.78 Å². The molecule has 27 heavy (non-hydrogen) atoms. The number of aromatic nitrogens is 2. The van der Waals surface area contributed by atoms with E-state index in [-0.39, 0.29) is 17.0 Å². The van der Waals surface area contributed by atoms with Crippen LogP contribution in [0.1, 0.15) is 29.4 Å². The molecule has 7 nitrogen and oxygen atoms in total. The van der Waals surface area contributed by atoms with Crippen molar-refractivity contribution in [1.29, 1.82) is 0 Å². The lowest BCUT2D eigenvalue weighted by molar-refractivity contribution is 0.101. The summed E-state index contributed by atoms with van der Waals surface area (Å²) in [6.07, 6.45) is 1.50. The molecule has 1 heterocycles. The van der Waals surface area contributed by atoms with Gasteiger partial charge in [-0.3, -0.25) is 14.2 Å². The van der Waals surface area contributed by atoms with E-state index < -0.39 is 0 Å². The van der Waals surface area contributed by atoms with E-state index in [0.29, 0.717) is 18.6 Å². The Morgan fingerprint density at radius 2 is 1.74 bits per heavy atom. The summed E-state index contributed by atoms with van der Waals surface area (Å²) in [5.41, 5.74) is 0.851. The topological polar surface area (TPSA) is 73.5 Å². The van der Waals surface area contributed by atoms with Gasteiger partial charge < -0.3 is 14.2 Å². The van der Waals surface area contributed by atoms with Gasteiger partial charge in [0.2, 0.25) is 0 Å². The molecule has 0 atom stereocenters. The summed E-state index contributed by atoms with van der Waals surface area (Å²) in [5.74, 6) is 0.776. The number of carbonyl (C=O) groups excluding carboxylic acids is 1. The first-order chi connectivity index (χ1) is 12.8. The number of benzene rings is 1. The first-order valence-corrected chi connectivity index (χ1v) is 8.98. The van der Waals surface area contributed by atoms with Crippen LogP contribution in [0.2, 0.25) is 0 Å². The van der Waals surface area contributed by atoms with Crippen LogP contribution in [0.4, 0.5) is 0 Å². The second-order valence-electron chi connectivity index (χ2n) is 6.71. The number of likely N-dealkylation sites (N-methyl/N-ethyl adjacent to an activating group) is 1. The van der Waals surface area contributed by atoms with E-state index in [0.717, 1.165) is 35.5 Å². The normalized spacial score (nSPS) is 11.0. The highest BCUT2D eigenvalue weighted by Crippen LogP contribution is 2.12. The monoisotopic (exact) mass is 373 g/mol. The lowest BCUT2D eigenvalue weighted by Gasteiger charge is -2.17. The number of hydrogen-bond acceptors (Lipinski definition) is 5. The minimum absolute atomic E-state index is 0.0371. The van der Waals surface area contributed by atoms with Gasteiger partial charge >= 0.3 is 5.69 Å². The molecule has 1 aromatic heterocycles. The van der Waals surface area contributed by atoms with Crippen molar-refractivity contribution in [2.24, 2.45) is 14.1 Å². The molecule has 2 aromatic rings. The minimum Gasteiger partial charge on any atom is -0.492 e. The molecule has 2 rings (SSSR count). The molecular weight excluding hydrogens is 346 g/mol. The number of rotatable bonds is 9. The lowest BCUT2D eigenvalue weighted by atomic mass is 10.1. The van der Waals surface area contributed by atoms with Crippen molar-refractivity contribution in [3.05, 3.63) is 62.4 Å². The van der Waals surface area contributed by atoms with Gasteiger partial charge in [-0.25, -0.2) is 4.79 Å². The predicted octanol–water partition coefficient (Wildman–Crippen LogP) is 1.23. The predicted molar refractivity (Wildman–Crippen MR) is 105 cm³/mol. The Morgan fingerprint density at radius 1 is 1.07 bits per heavy atom. The maximum Gasteiger partial charge on any atom is 0.330 e. The van der Waals surface area contributed by atoms with Gasteiger partial charge in [0.1, 0.15) is 12.4 Å². The fraction of sp³-hybridized carbons (Fsp3) is 0.450. The van der Waals surface area contributed by atoms with Crippen LogP contribution in [0.5, 0.6) is 5.75 Å². The smallest absolute Gasteiger partial charge is 0.330 e. The third-order valence-corrected chi connectivity index (χ3v) is 4.60. The van der Waals surface area contributed by atoms with Crippen molar-refractivity contribution in [3.8, 4) is 5.75 Å². The fourth-order valence-corrected chi connectivity index (χ4v) is 2.77. The average Bonchev–Trinajstić information content (AvgIpc) is 2.64. The third-order valence-electron chi connectivity index (χ3n) is 4.60. The molecule has 0 saturated carbocycles. The summed E-state index contributed by atoms with van der Waals surface area (Å²) in [4.78, 5) is 37.1. The molecule has 146 valence electrons. The van der Waals surface area contributed by atoms with Crippen molar-refractivity contribution in [2.45, 2.75) is 19.8 Å². The number of aryl methyl sites for hydroxylation is 1. The standard InChI is InChI=1S/C20H27N3O4/c1-15(24)16-7-9-18(10-8-16)27-13-12-21(2)11-5-6-17-14-19(25)23(4)20(26)22(17)3/h7-10,14H,5-6,11-13H2,1-4H3. The molecule has 0 N–H and O–H groups in total. The molecule has 0 aliphatic heterocycles. The highest BCUT2D eigenvalue weighted by atomic mass is 16.5. The Balaban J connectivity index is 1.75. The summed E-state index contributed by atoms with van der Waals surface area (Å²) < 4.78 is 8.33. The van der Waals surface area contributed by atoms with Gasteiger partial charge in [-0.1, -0.05) is 0 Å². The van der Waals surface area contributed by atoms with Crippen molar-refractivity contribution in [3.63, 3.8) is 0 Å². The van der Waals surface area contributed by atoms with Crippen LogP contribution in [-0.4, -0.2) is 46.6 Å². The Morgan fingerprint density at radius 3 is 2.37 bits per heavy atom. The summed E-state index contributed by atoms with van der Waals surface area (Å²) in [6, 6.07) is 8.64. The van der Waals surface area contributed by atoms with E-state index >= 15 is 0 Å². The van der Waals surface area contributed by atoms with Crippen molar-refractivity contribution < 1.29 is 9.53 Å². The van der Waals surface area contributed by atoms with E-state index in [9.17, 15) is 14.4 Å². The average molecular weight is 373 g/mol. The summed E-state index contributed by atoms with van der Waals surface area (Å²) >= 11 is 0. The van der Waals surface area contributed by atoms with Gasteiger partial charge in [0, 0.05) is 38.0 Å². The number of Topliss-reactive ketones (excluding diaryl/α,β-unsaturated/α-hetero) is 1. The fourth-order valence-electron chi connectivity index (χ4n) is 2.77. The van der Waals surface area contributed by atoms with Gasteiger partial charge in [-0.05, 0) is 57.6 Å². The van der Waals surface area contributed by atoms with Crippen LogP contribution < -0.4 is 16.0 Å². The second-order valence-corrected chi connectivity index (χ2v) is 6.71. The first kappa shape index (κ1) is 20.6. The minimum atomic E-state index is -0.296. The molecule has 0 aliphatic carbocycles. The summed E-state index contributed by atoms with van der Waals surface area (Å²) in [6.45, 7) is 3.66. The van der Waals surface area contributed by atoms with Crippen LogP contribution in [0.25, 0.3) is 0 Å². The zero-order valence-corrected chi connectivity index (χ0v) is 16.4. The van der Waals surface area contributed by atoms with Crippen LogP contribution in [0.15, 0.2) is 39.9 Å². The number of hydrogen-bond donors (Lipinski definition) is 0. The summed E-state index contributed by atoms with van der Waals surface area (Å²) in [5, 5.41) is 0. The molecule has 0 fully saturated rings. The zero-order chi connectivity index (χ0) is 20.0. The molecule has 0 saturated heterocycles. The molecule has 0 spiro atoms. The second kappa shape index (κ2) is 9.32. The van der Waals surface area contributed by atoms with E-state index in [1.165, 1.54) is 24.6 Å². The number of carbonyl (C=O) groups is 1. The zero-order valence-electron chi connectivity index (χ0n) is 16.4. The lowest BCUT2D eigenvalue weighted by Crippen LogP contribution is -2.38. The molecule has 0 unspecified atom stereocenters. The highest BCUT2D eigenvalue weighted by Gasteiger charge is 2.07. The first-order valence-electron chi connectivity index (χ1n) is 8.98. The van der Waals surface area contributed by atoms with Crippen molar-refractivity contribution >= 4 is 5.78 Å². The number of ketones is 1. The van der Waals surface area contributed by atoms with Crippen LogP contribution in [-0.2, 0) is 20.5 Å². The van der Waals surface area contributed by atoms with Gasteiger partial charge in [-0.15, -0.1) is 0 Å². The van der Waals surface area contributed by atoms with E-state index in [4.69, 9.17) is 4.74 Å². The summed E-state index contributed by atoms with van der Waals surface area (Å²) in [7, 11) is 5.17. The Labute approximate surface area is 158 Å². The largest absolute Gasteiger partial charge is 0.492 e.